The fourth-order valence-electron chi connectivity index (χ4n) is 4.60. The molecule has 0 unspecified atom stereocenters. The Hall–Kier alpha value is -3.70. The Morgan fingerprint density at radius 3 is 1.68 bits per heavy atom. The molecule has 5 rings (SSSR count). The van der Waals surface area contributed by atoms with Crippen molar-refractivity contribution in [3.63, 3.8) is 0 Å². The first-order valence-corrected chi connectivity index (χ1v) is 13.2. The van der Waals surface area contributed by atoms with Gasteiger partial charge in [-0.15, -0.1) is 0 Å². The number of hydrogen-bond acceptors (Lipinski definition) is 4. The second-order valence-corrected chi connectivity index (χ2v) is 9.48. The van der Waals surface area contributed by atoms with Crippen molar-refractivity contribution in [3.8, 4) is 0 Å². The van der Waals surface area contributed by atoms with Gasteiger partial charge >= 0.3 is 0 Å². The molecule has 4 aromatic rings. The molecule has 0 spiro atoms. The van der Waals surface area contributed by atoms with E-state index >= 15 is 0 Å². The summed E-state index contributed by atoms with van der Waals surface area (Å²) >= 11 is 0. The maximum Gasteiger partial charge on any atom is 0.150 e. The van der Waals surface area contributed by atoms with E-state index in [4.69, 9.17) is 18.9 Å². The Balaban J connectivity index is 1.36. The van der Waals surface area contributed by atoms with E-state index in [1.165, 1.54) is 0 Å². The highest BCUT2D eigenvalue weighted by molar-refractivity contribution is 5.51. The molecule has 1 aliphatic heterocycles. The zero-order chi connectivity index (χ0) is 25.8. The van der Waals surface area contributed by atoms with Gasteiger partial charge in [-0.1, -0.05) is 121 Å². The van der Waals surface area contributed by atoms with Gasteiger partial charge in [-0.3, -0.25) is 0 Å². The standard InChI is InChI=1S/C34H34O4/c1-5-13-27(14-6-1)21-31-22-32(36-24-29-17-9-3-10-18-29)34(37-25-30-19-11-4-12-20-30)33(38-31)26-35-23-28-15-7-2-8-16-28/h1-21,32-34H,22-26H2/b31-21-/t32-,33-,34-/m1/s1. The number of ether oxygens (including phenoxy) is 4. The van der Waals surface area contributed by atoms with Crippen molar-refractivity contribution in [2.45, 2.75) is 44.6 Å². The molecule has 0 aliphatic carbocycles. The summed E-state index contributed by atoms with van der Waals surface area (Å²) < 4.78 is 25.8. The lowest BCUT2D eigenvalue weighted by Crippen LogP contribution is -2.48. The molecule has 1 saturated heterocycles. The summed E-state index contributed by atoms with van der Waals surface area (Å²) in [5.74, 6) is 0.877. The minimum absolute atomic E-state index is 0.187. The van der Waals surface area contributed by atoms with Crippen molar-refractivity contribution < 1.29 is 18.9 Å². The van der Waals surface area contributed by atoms with Crippen LogP contribution in [0.15, 0.2) is 127 Å². The largest absolute Gasteiger partial charge is 0.489 e. The van der Waals surface area contributed by atoms with E-state index in [0.717, 1.165) is 28.0 Å². The summed E-state index contributed by atoms with van der Waals surface area (Å²) in [5.41, 5.74) is 4.47. The first-order chi connectivity index (χ1) is 18.8. The molecule has 1 aliphatic rings. The molecule has 1 heterocycles. The normalized spacial score (nSPS) is 20.2. The van der Waals surface area contributed by atoms with Crippen LogP contribution in [0.5, 0.6) is 0 Å². The summed E-state index contributed by atoms with van der Waals surface area (Å²) in [5, 5.41) is 0. The second kappa shape index (κ2) is 13.7. The van der Waals surface area contributed by atoms with Gasteiger partial charge in [0.25, 0.3) is 0 Å². The first kappa shape index (κ1) is 25.9. The predicted molar refractivity (Wildman–Crippen MR) is 150 cm³/mol. The number of benzene rings is 4. The molecule has 0 saturated carbocycles. The average molecular weight is 507 g/mol. The molecule has 3 atom stereocenters. The van der Waals surface area contributed by atoms with Gasteiger partial charge in [0, 0.05) is 6.42 Å². The van der Waals surface area contributed by atoms with Gasteiger partial charge in [-0.2, -0.15) is 0 Å². The molecule has 4 nitrogen and oxygen atoms in total. The van der Waals surface area contributed by atoms with E-state index in [0.29, 0.717) is 32.8 Å². The molecule has 0 radical (unpaired) electrons. The van der Waals surface area contributed by atoms with Crippen LogP contribution in [0.25, 0.3) is 6.08 Å². The van der Waals surface area contributed by atoms with Crippen molar-refractivity contribution >= 4 is 6.08 Å². The summed E-state index contributed by atoms with van der Waals surface area (Å²) in [6.07, 6.45) is 1.93. The van der Waals surface area contributed by atoms with E-state index in [1.54, 1.807) is 0 Å². The van der Waals surface area contributed by atoms with Gasteiger partial charge in [0.05, 0.1) is 38.3 Å². The van der Waals surface area contributed by atoms with Crippen LogP contribution in [0.2, 0.25) is 0 Å². The quantitative estimate of drug-likeness (QED) is 0.215. The molecular formula is C34H34O4. The third-order valence-electron chi connectivity index (χ3n) is 6.55. The van der Waals surface area contributed by atoms with Crippen molar-refractivity contribution in [1.29, 1.82) is 0 Å². The van der Waals surface area contributed by atoms with Gasteiger partial charge in [0.2, 0.25) is 0 Å². The third-order valence-corrected chi connectivity index (χ3v) is 6.55. The number of rotatable bonds is 11. The zero-order valence-corrected chi connectivity index (χ0v) is 21.5. The summed E-state index contributed by atoms with van der Waals surface area (Å²) in [6, 6.07) is 40.9. The number of hydrogen-bond donors (Lipinski definition) is 0. The van der Waals surface area contributed by atoms with E-state index in [-0.39, 0.29) is 18.3 Å². The monoisotopic (exact) mass is 506 g/mol. The smallest absolute Gasteiger partial charge is 0.150 e. The summed E-state index contributed by atoms with van der Waals surface area (Å²) in [4.78, 5) is 0. The van der Waals surface area contributed by atoms with Crippen LogP contribution in [0.3, 0.4) is 0 Å². The Morgan fingerprint density at radius 1 is 0.605 bits per heavy atom. The van der Waals surface area contributed by atoms with Crippen molar-refractivity contribution in [2.24, 2.45) is 0 Å². The Labute approximate surface area is 225 Å². The lowest BCUT2D eigenvalue weighted by molar-refractivity contribution is -0.177. The average Bonchev–Trinajstić information content (AvgIpc) is 2.98. The van der Waals surface area contributed by atoms with Crippen molar-refractivity contribution in [1.82, 2.24) is 0 Å². The van der Waals surface area contributed by atoms with E-state index in [9.17, 15) is 0 Å². The molecule has 194 valence electrons. The molecule has 0 aromatic heterocycles. The fraction of sp³-hybridized carbons (Fsp3) is 0.235. The van der Waals surface area contributed by atoms with Gasteiger partial charge in [-0.05, 0) is 28.3 Å². The van der Waals surface area contributed by atoms with E-state index in [2.05, 4.69) is 54.6 Å². The lowest BCUT2D eigenvalue weighted by atomic mass is 9.98. The first-order valence-electron chi connectivity index (χ1n) is 13.2. The molecule has 0 bridgehead atoms. The van der Waals surface area contributed by atoms with Crippen molar-refractivity contribution in [3.05, 3.63) is 149 Å². The zero-order valence-electron chi connectivity index (χ0n) is 21.5. The molecule has 0 N–H and O–H groups in total. The Morgan fingerprint density at radius 2 is 1.11 bits per heavy atom. The van der Waals surface area contributed by atoms with Crippen LogP contribution in [0.4, 0.5) is 0 Å². The maximum atomic E-state index is 6.54. The molecule has 38 heavy (non-hydrogen) atoms. The molecule has 1 fully saturated rings. The maximum absolute atomic E-state index is 6.54. The molecule has 4 aromatic carbocycles. The van der Waals surface area contributed by atoms with Crippen LogP contribution < -0.4 is 0 Å². The SMILES string of the molecule is C(=C1\C[C@@H](OCc2ccccc2)[C@@H](OCc2ccccc2)[C@@H](COCc2ccccc2)O1)/c1ccccc1. The van der Waals surface area contributed by atoms with Crippen LogP contribution in [0.1, 0.15) is 28.7 Å². The van der Waals surface area contributed by atoms with Gasteiger partial charge in [0.1, 0.15) is 6.10 Å². The van der Waals surface area contributed by atoms with Crippen LogP contribution in [0, 0.1) is 0 Å². The topological polar surface area (TPSA) is 36.9 Å². The fourth-order valence-corrected chi connectivity index (χ4v) is 4.60. The highest BCUT2D eigenvalue weighted by Gasteiger charge is 2.39. The lowest BCUT2D eigenvalue weighted by Gasteiger charge is -2.39. The third kappa shape index (κ3) is 7.65. The Kier molecular flexibility index (Phi) is 9.37. The molecule has 4 heteroatoms. The molecular weight excluding hydrogens is 472 g/mol. The van der Waals surface area contributed by atoms with E-state index < -0.39 is 0 Å². The Bertz CT molecular complexity index is 1240. The molecule has 0 amide bonds. The highest BCUT2D eigenvalue weighted by Crippen LogP contribution is 2.31. The highest BCUT2D eigenvalue weighted by atomic mass is 16.6. The van der Waals surface area contributed by atoms with Crippen LogP contribution >= 0.6 is 0 Å². The van der Waals surface area contributed by atoms with Crippen LogP contribution in [-0.4, -0.2) is 24.9 Å². The second-order valence-electron chi connectivity index (χ2n) is 9.48. The van der Waals surface area contributed by atoms with Crippen molar-refractivity contribution in [2.75, 3.05) is 6.61 Å². The van der Waals surface area contributed by atoms with Gasteiger partial charge < -0.3 is 18.9 Å². The summed E-state index contributed by atoms with van der Waals surface area (Å²) in [7, 11) is 0. The minimum Gasteiger partial charge on any atom is -0.489 e. The van der Waals surface area contributed by atoms with Crippen LogP contribution in [-0.2, 0) is 38.8 Å². The summed E-state index contributed by atoms with van der Waals surface area (Å²) in [6.45, 7) is 1.89. The minimum atomic E-state index is -0.313. The van der Waals surface area contributed by atoms with Gasteiger partial charge in [-0.25, -0.2) is 0 Å². The van der Waals surface area contributed by atoms with Gasteiger partial charge in [0.15, 0.2) is 6.10 Å². The predicted octanol–water partition coefficient (Wildman–Crippen LogP) is 7.20. The van der Waals surface area contributed by atoms with E-state index in [1.807, 2.05) is 72.8 Å².